The van der Waals surface area contributed by atoms with Gasteiger partial charge in [-0.1, -0.05) is 22.9 Å². The van der Waals surface area contributed by atoms with Gasteiger partial charge in [-0.2, -0.15) is 0 Å². The highest BCUT2D eigenvalue weighted by atomic mass is 79.9. The highest BCUT2D eigenvalue weighted by molar-refractivity contribution is 9.10. The van der Waals surface area contributed by atoms with Crippen LogP contribution in [0.3, 0.4) is 0 Å². The van der Waals surface area contributed by atoms with E-state index < -0.39 is 0 Å². The van der Waals surface area contributed by atoms with Gasteiger partial charge in [0.25, 0.3) is 0 Å². The molecule has 1 N–H and O–H groups in total. The van der Waals surface area contributed by atoms with Crippen LogP contribution in [0.2, 0.25) is 0 Å². The maximum absolute atomic E-state index is 13.6. The van der Waals surface area contributed by atoms with Crippen LogP contribution < -0.4 is 5.32 Å². The zero-order valence-electron chi connectivity index (χ0n) is 11.7. The van der Waals surface area contributed by atoms with E-state index in [0.717, 1.165) is 39.5 Å². The van der Waals surface area contributed by atoms with E-state index in [9.17, 15) is 4.39 Å². The van der Waals surface area contributed by atoms with Gasteiger partial charge in [0, 0.05) is 27.4 Å². The van der Waals surface area contributed by atoms with E-state index in [0.29, 0.717) is 0 Å². The Labute approximate surface area is 141 Å². The van der Waals surface area contributed by atoms with Crippen LogP contribution in [0.25, 0.3) is 0 Å². The van der Waals surface area contributed by atoms with Gasteiger partial charge in [-0.3, -0.25) is 4.98 Å². The molecule has 5 heteroatoms. The summed E-state index contributed by atoms with van der Waals surface area (Å²) < 4.78 is 15.3. The fraction of sp³-hybridized carbons (Fsp3) is 0.312. The molecule has 2 aromatic rings. The molecule has 1 aromatic carbocycles. The fourth-order valence-electron chi connectivity index (χ4n) is 2.21. The van der Waals surface area contributed by atoms with Crippen molar-refractivity contribution in [1.82, 2.24) is 10.3 Å². The minimum atomic E-state index is -0.227. The molecular weight excluding hydrogens is 399 g/mol. The van der Waals surface area contributed by atoms with E-state index >= 15 is 0 Å². The van der Waals surface area contributed by atoms with Crippen molar-refractivity contribution in [2.45, 2.75) is 25.8 Å². The first-order valence-electron chi connectivity index (χ1n) is 6.87. The standard InChI is InChI=1S/C16H17Br2FN2/c1-2-3-21-16(5-11-4-14(18)10-20-9-11)12-6-13(17)8-15(19)7-12/h4,6-10,16,21H,2-3,5H2,1H3. The lowest BCUT2D eigenvalue weighted by atomic mass is 9.99. The van der Waals surface area contributed by atoms with E-state index in [2.05, 4.69) is 49.1 Å². The number of pyridine rings is 1. The molecule has 0 saturated carbocycles. The molecule has 0 aliphatic rings. The fourth-order valence-corrected chi connectivity index (χ4v) is 3.10. The van der Waals surface area contributed by atoms with E-state index in [-0.39, 0.29) is 11.9 Å². The molecule has 0 amide bonds. The largest absolute Gasteiger partial charge is 0.310 e. The van der Waals surface area contributed by atoms with Crippen molar-refractivity contribution in [2.75, 3.05) is 6.54 Å². The van der Waals surface area contributed by atoms with Crippen LogP contribution in [0, 0.1) is 5.82 Å². The quantitative estimate of drug-likeness (QED) is 0.715. The lowest BCUT2D eigenvalue weighted by Gasteiger charge is -2.19. The zero-order valence-corrected chi connectivity index (χ0v) is 14.9. The second kappa shape index (κ2) is 8.01. The molecular formula is C16H17Br2FN2. The van der Waals surface area contributed by atoms with Crippen LogP contribution >= 0.6 is 31.9 Å². The number of hydrogen-bond donors (Lipinski definition) is 1. The Hall–Kier alpha value is -0.780. The van der Waals surface area contributed by atoms with Crippen molar-refractivity contribution in [1.29, 1.82) is 0 Å². The number of rotatable bonds is 6. The molecule has 1 unspecified atom stereocenters. The van der Waals surface area contributed by atoms with Crippen molar-refractivity contribution in [3.05, 3.63) is 62.5 Å². The van der Waals surface area contributed by atoms with Gasteiger partial charge in [0.05, 0.1) is 0 Å². The van der Waals surface area contributed by atoms with E-state index in [1.54, 1.807) is 12.3 Å². The van der Waals surface area contributed by atoms with Crippen LogP contribution in [-0.2, 0) is 6.42 Å². The number of benzene rings is 1. The molecule has 1 heterocycles. The summed E-state index contributed by atoms with van der Waals surface area (Å²) in [5, 5.41) is 3.48. The van der Waals surface area contributed by atoms with Gasteiger partial charge in [0.15, 0.2) is 0 Å². The van der Waals surface area contributed by atoms with Crippen LogP contribution in [0.15, 0.2) is 45.6 Å². The third kappa shape index (κ3) is 5.16. The van der Waals surface area contributed by atoms with Gasteiger partial charge in [0.1, 0.15) is 5.82 Å². The van der Waals surface area contributed by atoms with Gasteiger partial charge >= 0.3 is 0 Å². The maximum atomic E-state index is 13.6. The summed E-state index contributed by atoms with van der Waals surface area (Å²) in [6.45, 7) is 3.01. The van der Waals surface area contributed by atoms with Crippen molar-refractivity contribution < 1.29 is 4.39 Å². The van der Waals surface area contributed by atoms with Gasteiger partial charge in [-0.05, 0) is 70.7 Å². The second-order valence-corrected chi connectivity index (χ2v) is 6.76. The molecule has 0 radical (unpaired) electrons. The summed E-state index contributed by atoms with van der Waals surface area (Å²) in [6.07, 6.45) is 5.41. The van der Waals surface area contributed by atoms with Crippen LogP contribution in [0.4, 0.5) is 4.39 Å². The Balaban J connectivity index is 2.25. The van der Waals surface area contributed by atoms with Gasteiger partial charge < -0.3 is 5.32 Å². The predicted molar refractivity (Wildman–Crippen MR) is 90.8 cm³/mol. The summed E-state index contributed by atoms with van der Waals surface area (Å²) >= 11 is 6.79. The Morgan fingerprint density at radius 1 is 1.14 bits per heavy atom. The molecule has 0 saturated heterocycles. The van der Waals surface area contributed by atoms with Crippen LogP contribution in [0.5, 0.6) is 0 Å². The first kappa shape index (κ1) is 16.6. The minimum Gasteiger partial charge on any atom is -0.310 e. The molecule has 1 aromatic heterocycles. The number of halogens is 3. The summed E-state index contributed by atoms with van der Waals surface area (Å²) in [5.41, 5.74) is 2.05. The topological polar surface area (TPSA) is 24.9 Å². The average Bonchev–Trinajstić information content (AvgIpc) is 2.42. The molecule has 0 fully saturated rings. The monoisotopic (exact) mass is 414 g/mol. The average molecular weight is 416 g/mol. The number of nitrogens with zero attached hydrogens (tertiary/aromatic N) is 1. The lowest BCUT2D eigenvalue weighted by Crippen LogP contribution is -2.24. The first-order chi connectivity index (χ1) is 10.1. The zero-order chi connectivity index (χ0) is 15.2. The molecule has 2 rings (SSSR count). The normalized spacial score (nSPS) is 12.4. The third-order valence-electron chi connectivity index (χ3n) is 3.13. The van der Waals surface area contributed by atoms with Crippen LogP contribution in [0.1, 0.15) is 30.5 Å². The van der Waals surface area contributed by atoms with Gasteiger partial charge in [-0.25, -0.2) is 4.39 Å². The first-order valence-corrected chi connectivity index (χ1v) is 8.46. The number of nitrogens with one attached hydrogen (secondary N) is 1. The van der Waals surface area contributed by atoms with E-state index in [4.69, 9.17) is 0 Å². The molecule has 2 nitrogen and oxygen atoms in total. The second-order valence-electron chi connectivity index (χ2n) is 4.93. The molecule has 0 bridgehead atoms. The van der Waals surface area contributed by atoms with Crippen molar-refractivity contribution in [3.63, 3.8) is 0 Å². The third-order valence-corrected chi connectivity index (χ3v) is 4.02. The van der Waals surface area contributed by atoms with Crippen molar-refractivity contribution in [2.24, 2.45) is 0 Å². The molecule has 0 aliphatic carbocycles. The Morgan fingerprint density at radius 3 is 2.62 bits per heavy atom. The van der Waals surface area contributed by atoms with Gasteiger partial charge in [0.2, 0.25) is 0 Å². The van der Waals surface area contributed by atoms with Gasteiger partial charge in [-0.15, -0.1) is 0 Å². The summed E-state index contributed by atoms with van der Waals surface area (Å²) in [6, 6.07) is 7.13. The molecule has 21 heavy (non-hydrogen) atoms. The van der Waals surface area contributed by atoms with Crippen LogP contribution in [-0.4, -0.2) is 11.5 Å². The summed E-state index contributed by atoms with van der Waals surface area (Å²) in [7, 11) is 0. The maximum Gasteiger partial charge on any atom is 0.124 e. The highest BCUT2D eigenvalue weighted by Crippen LogP contribution is 2.24. The Morgan fingerprint density at radius 2 is 1.95 bits per heavy atom. The van der Waals surface area contributed by atoms with Crippen molar-refractivity contribution >= 4 is 31.9 Å². The number of aromatic nitrogens is 1. The van der Waals surface area contributed by atoms with E-state index in [1.165, 1.54) is 6.07 Å². The summed E-state index contributed by atoms with van der Waals surface area (Å²) in [5.74, 6) is -0.227. The Kier molecular flexibility index (Phi) is 6.33. The molecule has 0 aliphatic heterocycles. The molecule has 1 atom stereocenters. The van der Waals surface area contributed by atoms with E-state index in [1.807, 2.05) is 18.3 Å². The number of hydrogen-bond acceptors (Lipinski definition) is 2. The molecule has 0 spiro atoms. The SMILES string of the molecule is CCCNC(Cc1cncc(Br)c1)c1cc(F)cc(Br)c1. The minimum absolute atomic E-state index is 0.0630. The molecule has 112 valence electrons. The predicted octanol–water partition coefficient (Wildman–Crippen LogP) is 5.03. The Bertz CT molecular complexity index is 584. The van der Waals surface area contributed by atoms with Crippen molar-refractivity contribution in [3.8, 4) is 0 Å². The summed E-state index contributed by atoms with van der Waals surface area (Å²) in [4.78, 5) is 4.19. The highest BCUT2D eigenvalue weighted by Gasteiger charge is 2.14. The lowest BCUT2D eigenvalue weighted by molar-refractivity contribution is 0.523. The smallest absolute Gasteiger partial charge is 0.124 e.